The van der Waals surface area contributed by atoms with Crippen LogP contribution in [0.5, 0.6) is 0 Å². The molecule has 0 amide bonds. The number of nitrogens with one attached hydrogen (secondary N) is 2. The van der Waals surface area contributed by atoms with Crippen molar-refractivity contribution in [2.24, 2.45) is 0 Å². The van der Waals surface area contributed by atoms with Crippen molar-refractivity contribution < 1.29 is 4.57 Å². The maximum Gasteiger partial charge on any atom is 0.339 e. The lowest BCUT2D eigenvalue weighted by molar-refractivity contribution is 0.600. The van der Waals surface area contributed by atoms with E-state index in [1.54, 1.807) is 13.0 Å². The third-order valence-electron chi connectivity index (χ3n) is 1.90. The normalized spacial score (nSPS) is 10.0. The molecule has 0 fully saturated rings. The first-order valence-electron chi connectivity index (χ1n) is 5.53. The van der Waals surface area contributed by atoms with E-state index in [0.717, 1.165) is 5.56 Å². The molecule has 0 aliphatic heterocycles. The summed E-state index contributed by atoms with van der Waals surface area (Å²) in [5, 5.41) is 8.96. The molecule has 2 aromatic heterocycles. The number of rotatable bonds is 0. The second-order valence-electron chi connectivity index (χ2n) is 3.81. The molecule has 0 spiro atoms. The molecule has 23 heavy (non-hydrogen) atoms. The summed E-state index contributed by atoms with van der Waals surface area (Å²) >= 11 is 24.9. The summed E-state index contributed by atoms with van der Waals surface area (Å²) in [6.45, 7) is 3.40. The highest BCUT2D eigenvalue weighted by Crippen LogP contribution is 2.61. The summed E-state index contributed by atoms with van der Waals surface area (Å²) in [7, 11) is 0. The largest absolute Gasteiger partial charge is 0.339 e. The topological polar surface area (TPSA) is 109 Å². The van der Waals surface area contributed by atoms with Crippen LogP contribution in [0, 0.1) is 13.8 Å². The number of halogens is 5. The fraction of sp³-hybridized carbons (Fsp3) is 0.200. The number of aryl methyl sites for hydroxylation is 2. The molecule has 13 heteroatoms. The zero-order valence-corrected chi connectivity index (χ0v) is 16.3. The molecule has 0 aliphatic rings. The number of H-pyrrole nitrogens is 2. The van der Waals surface area contributed by atoms with Gasteiger partial charge in [0.05, 0.1) is 0 Å². The maximum absolute atomic E-state index is 10.5. The predicted molar refractivity (Wildman–Crippen MR) is 94.4 cm³/mol. The van der Waals surface area contributed by atoms with Crippen LogP contribution < -0.4 is 11.1 Å². The Morgan fingerprint density at radius 1 is 0.957 bits per heavy atom. The van der Waals surface area contributed by atoms with E-state index in [4.69, 9.17) is 23.2 Å². The van der Waals surface area contributed by atoms with Gasteiger partial charge in [0.2, 0.25) is 0 Å². The molecule has 0 atom stereocenters. The summed E-state index contributed by atoms with van der Waals surface area (Å²) < 4.78 is 9.51. The Bertz CT molecular complexity index is 795. The lowest BCUT2D eigenvalue weighted by Crippen LogP contribution is -2.19. The van der Waals surface area contributed by atoms with Crippen LogP contribution in [-0.4, -0.2) is 20.4 Å². The van der Waals surface area contributed by atoms with E-state index < -0.39 is 5.20 Å². The van der Waals surface area contributed by atoms with Crippen molar-refractivity contribution >= 4 is 62.1 Å². The Balaban J connectivity index is 0.000000332. The van der Waals surface area contributed by atoms with Crippen LogP contribution in [0.4, 0.5) is 0 Å². The molecule has 2 N–H and O–H groups in total. The van der Waals surface area contributed by atoms with E-state index in [2.05, 4.69) is 54.1 Å². The monoisotopic (exact) mass is 440 g/mol. The Hall–Kier alpha value is -0.560. The molecule has 0 aromatic carbocycles. The molecule has 2 heterocycles. The van der Waals surface area contributed by atoms with Crippen LogP contribution in [0.2, 0.25) is 10.3 Å². The summed E-state index contributed by atoms with van der Waals surface area (Å²) in [5.41, 5.74) is 0.733. The average molecular weight is 442 g/mol. The molecule has 2 rings (SSSR count). The highest BCUT2D eigenvalue weighted by atomic mass is 36.0. The van der Waals surface area contributed by atoms with E-state index in [1.807, 2.05) is 6.92 Å². The van der Waals surface area contributed by atoms with Gasteiger partial charge in [-0.15, -0.1) is 10.2 Å². The molecule has 0 unspecified atom stereocenters. The van der Waals surface area contributed by atoms with Crippen molar-refractivity contribution in [1.29, 1.82) is 0 Å². The van der Waals surface area contributed by atoms with Crippen LogP contribution in [0.25, 0.3) is 0 Å². The molecule has 0 saturated carbocycles. The number of hydrogen-bond acceptors (Lipinski definition) is 5. The van der Waals surface area contributed by atoms with Crippen LogP contribution >= 0.6 is 62.1 Å². The molecule has 2 aromatic rings. The van der Waals surface area contributed by atoms with Gasteiger partial charge in [0, 0.05) is 11.6 Å². The molecule has 128 valence electrons. The van der Waals surface area contributed by atoms with E-state index in [0.29, 0.717) is 15.9 Å². The van der Waals surface area contributed by atoms with Gasteiger partial charge < -0.3 is 0 Å². The van der Waals surface area contributed by atoms with Gasteiger partial charge in [0.15, 0.2) is 10.3 Å². The Morgan fingerprint density at radius 2 is 1.48 bits per heavy atom. The quantitative estimate of drug-likeness (QED) is 0.592. The Kier molecular flexibility index (Phi) is 10.1. The fourth-order valence-corrected chi connectivity index (χ4v) is 1.25. The smallest absolute Gasteiger partial charge is 0.271 e. The van der Waals surface area contributed by atoms with Crippen molar-refractivity contribution in [3.8, 4) is 0 Å². The second-order valence-corrected chi connectivity index (χ2v) is 11.2. The average Bonchev–Trinajstić information content (AvgIpc) is 2.38. The molecular weight excluding hydrogens is 432 g/mol. The van der Waals surface area contributed by atoms with E-state index in [1.165, 1.54) is 6.07 Å². The van der Waals surface area contributed by atoms with Crippen LogP contribution in [-0.2, 0) is 4.57 Å². The Morgan fingerprint density at radius 3 is 1.83 bits per heavy atom. The van der Waals surface area contributed by atoms with Crippen LogP contribution in [0.15, 0.2) is 21.7 Å². The van der Waals surface area contributed by atoms with Gasteiger partial charge in [0.25, 0.3) is 11.1 Å². The summed E-state index contributed by atoms with van der Waals surface area (Å²) in [4.78, 5) is 21.0. The molecule has 0 bridgehead atoms. The number of aromatic nitrogens is 4. The lowest BCUT2D eigenvalue weighted by atomic mass is 10.3. The third-order valence-corrected chi connectivity index (χ3v) is 2.46. The van der Waals surface area contributed by atoms with E-state index in [9.17, 15) is 14.2 Å². The molecule has 0 saturated heterocycles. The lowest BCUT2D eigenvalue weighted by Gasteiger charge is -1.92. The van der Waals surface area contributed by atoms with Gasteiger partial charge >= 0.3 is 5.20 Å². The van der Waals surface area contributed by atoms with Crippen molar-refractivity contribution in [2.45, 2.75) is 13.8 Å². The van der Waals surface area contributed by atoms with E-state index >= 15 is 0 Å². The highest BCUT2D eigenvalue weighted by molar-refractivity contribution is 8.24. The molecular formula is C10H10Cl5N4O3P. The van der Waals surface area contributed by atoms with Crippen molar-refractivity contribution in [1.82, 2.24) is 20.4 Å². The number of hydrogen-bond donors (Lipinski definition) is 2. The number of aromatic amines is 2. The predicted octanol–water partition coefficient (Wildman–Crippen LogP) is 4.27. The zero-order chi connectivity index (χ0) is 18.2. The minimum Gasteiger partial charge on any atom is -0.271 e. The van der Waals surface area contributed by atoms with Gasteiger partial charge in [-0.2, -0.15) is 0 Å². The second kappa shape index (κ2) is 10.3. The summed E-state index contributed by atoms with van der Waals surface area (Å²) in [6.07, 6.45) is 0. The minimum absolute atomic E-state index is 0.255. The summed E-state index contributed by atoms with van der Waals surface area (Å²) in [5.74, 6) is 0. The van der Waals surface area contributed by atoms with Gasteiger partial charge in [-0.25, -0.2) is 0 Å². The van der Waals surface area contributed by atoms with Crippen molar-refractivity contribution in [3.63, 3.8) is 0 Å². The van der Waals surface area contributed by atoms with Crippen LogP contribution in [0.1, 0.15) is 11.1 Å². The Labute approximate surface area is 155 Å². The number of nitrogens with zero attached hydrogens (tertiary/aromatic N) is 2. The molecule has 0 aliphatic carbocycles. The van der Waals surface area contributed by atoms with Crippen LogP contribution in [0.3, 0.4) is 0 Å². The standard InChI is InChI=1S/C5H4Cl2N2.C5H6N2O2.Cl3OP/c1-3-2-4(6)8-9-5(3)7;1-3-2-4(8)6-7-5(3)9;1-5(2,3)4/h2H,1H3;2H,1H3,(H,6,8)(H,7,9);. The van der Waals surface area contributed by atoms with Crippen molar-refractivity contribution in [3.05, 3.63) is 54.3 Å². The van der Waals surface area contributed by atoms with Gasteiger partial charge in [-0.05, 0) is 59.2 Å². The SMILES string of the molecule is Cc1cc(=O)[nH][nH]c1=O.Cc1cc(Cl)nnc1Cl.O=P(Cl)(Cl)Cl. The molecule has 0 radical (unpaired) electrons. The minimum atomic E-state index is -3.22. The highest BCUT2D eigenvalue weighted by Gasteiger charge is 2.03. The van der Waals surface area contributed by atoms with Crippen molar-refractivity contribution in [2.75, 3.05) is 0 Å². The van der Waals surface area contributed by atoms with Gasteiger partial charge in [-0.1, -0.05) is 23.2 Å². The maximum atomic E-state index is 10.5. The molecule has 7 nitrogen and oxygen atoms in total. The first-order valence-corrected chi connectivity index (χ1v) is 10.7. The fourth-order valence-electron chi connectivity index (χ4n) is 0.953. The first kappa shape index (κ1) is 22.4. The first-order chi connectivity index (χ1) is 10.4. The van der Waals surface area contributed by atoms with Gasteiger partial charge in [0.1, 0.15) is 0 Å². The van der Waals surface area contributed by atoms with E-state index in [-0.39, 0.29) is 11.1 Å². The third kappa shape index (κ3) is 12.5. The zero-order valence-electron chi connectivity index (χ0n) is 11.6. The summed E-state index contributed by atoms with van der Waals surface area (Å²) in [6, 6.07) is 2.91. The van der Waals surface area contributed by atoms with Gasteiger partial charge in [-0.3, -0.25) is 24.4 Å².